The van der Waals surface area contributed by atoms with Crippen LogP contribution in [0.2, 0.25) is 0 Å². The van der Waals surface area contributed by atoms with E-state index in [1.807, 2.05) is 45.0 Å². The van der Waals surface area contributed by atoms with Crippen molar-refractivity contribution in [2.75, 3.05) is 18.9 Å². The highest BCUT2D eigenvalue weighted by atomic mass is 32.2. The maximum atomic E-state index is 11.6. The van der Waals surface area contributed by atoms with Crippen molar-refractivity contribution in [2.45, 2.75) is 38.1 Å². The SMILES string of the molecule is Cc1ccc(SCCC(=O)OCC(=O)NCC(=O)NC(C)C)cc1. The summed E-state index contributed by atoms with van der Waals surface area (Å²) < 4.78 is 4.88. The largest absolute Gasteiger partial charge is 0.456 e. The van der Waals surface area contributed by atoms with Crippen LogP contribution in [0.3, 0.4) is 0 Å². The van der Waals surface area contributed by atoms with Crippen LogP contribution in [-0.4, -0.2) is 42.7 Å². The summed E-state index contributed by atoms with van der Waals surface area (Å²) in [5.41, 5.74) is 1.19. The third-order valence-electron chi connectivity index (χ3n) is 2.86. The van der Waals surface area contributed by atoms with Crippen LogP contribution in [0.4, 0.5) is 0 Å². The fraction of sp³-hybridized carbons (Fsp3) is 0.471. The van der Waals surface area contributed by atoms with E-state index in [-0.39, 0.29) is 31.5 Å². The lowest BCUT2D eigenvalue weighted by molar-refractivity contribution is -0.148. The van der Waals surface area contributed by atoms with Crippen LogP contribution in [0, 0.1) is 6.92 Å². The van der Waals surface area contributed by atoms with Crippen molar-refractivity contribution in [3.8, 4) is 0 Å². The van der Waals surface area contributed by atoms with E-state index in [4.69, 9.17) is 4.74 Å². The Kier molecular flexibility index (Phi) is 8.93. The summed E-state index contributed by atoms with van der Waals surface area (Å²) in [7, 11) is 0. The predicted octanol–water partition coefficient (Wildman–Crippen LogP) is 1.66. The van der Waals surface area contributed by atoms with E-state index >= 15 is 0 Å². The van der Waals surface area contributed by atoms with Gasteiger partial charge in [0.2, 0.25) is 5.91 Å². The second kappa shape index (κ2) is 10.7. The zero-order valence-electron chi connectivity index (χ0n) is 14.3. The van der Waals surface area contributed by atoms with Gasteiger partial charge in [-0.3, -0.25) is 14.4 Å². The van der Waals surface area contributed by atoms with Crippen LogP contribution < -0.4 is 10.6 Å². The fourth-order valence-corrected chi connectivity index (χ4v) is 2.54. The minimum atomic E-state index is -0.492. The van der Waals surface area contributed by atoms with E-state index in [0.717, 1.165) is 4.90 Å². The van der Waals surface area contributed by atoms with Gasteiger partial charge >= 0.3 is 5.97 Å². The normalized spacial score (nSPS) is 10.3. The number of carbonyl (C=O) groups is 3. The maximum Gasteiger partial charge on any atom is 0.307 e. The zero-order valence-corrected chi connectivity index (χ0v) is 15.1. The molecule has 0 fully saturated rings. The number of amides is 2. The molecular formula is C17H24N2O4S. The molecule has 2 N–H and O–H groups in total. The predicted molar refractivity (Wildman–Crippen MR) is 93.8 cm³/mol. The first-order chi connectivity index (χ1) is 11.4. The Hall–Kier alpha value is -2.02. The second-order valence-electron chi connectivity index (χ2n) is 5.57. The highest BCUT2D eigenvalue weighted by Gasteiger charge is 2.09. The molecule has 132 valence electrons. The molecule has 2 amide bonds. The van der Waals surface area contributed by atoms with E-state index < -0.39 is 11.9 Å². The van der Waals surface area contributed by atoms with Crippen molar-refractivity contribution in [1.82, 2.24) is 10.6 Å². The summed E-state index contributed by atoms with van der Waals surface area (Å²) >= 11 is 1.56. The zero-order chi connectivity index (χ0) is 17.9. The molecule has 0 heterocycles. The van der Waals surface area contributed by atoms with Crippen molar-refractivity contribution in [3.05, 3.63) is 29.8 Å². The fourth-order valence-electron chi connectivity index (χ4n) is 1.71. The molecule has 0 spiro atoms. The van der Waals surface area contributed by atoms with E-state index in [1.54, 1.807) is 11.8 Å². The molecule has 7 heteroatoms. The highest BCUT2D eigenvalue weighted by Crippen LogP contribution is 2.19. The van der Waals surface area contributed by atoms with Crippen LogP contribution in [-0.2, 0) is 19.1 Å². The van der Waals surface area contributed by atoms with Gasteiger partial charge in [0.25, 0.3) is 5.91 Å². The van der Waals surface area contributed by atoms with Gasteiger partial charge in [-0.2, -0.15) is 0 Å². The lowest BCUT2D eigenvalue weighted by atomic mass is 10.2. The highest BCUT2D eigenvalue weighted by molar-refractivity contribution is 7.99. The van der Waals surface area contributed by atoms with Gasteiger partial charge in [-0.15, -0.1) is 11.8 Å². The molecule has 0 saturated heterocycles. The molecule has 1 rings (SSSR count). The van der Waals surface area contributed by atoms with Gasteiger partial charge in [-0.05, 0) is 32.9 Å². The minimum absolute atomic E-state index is 0.0123. The molecule has 0 aliphatic rings. The first kappa shape index (κ1) is 20.0. The molecule has 0 unspecified atom stereocenters. The Bertz CT molecular complexity index is 558. The van der Waals surface area contributed by atoms with E-state index in [0.29, 0.717) is 5.75 Å². The number of hydrogen-bond donors (Lipinski definition) is 2. The summed E-state index contributed by atoms with van der Waals surface area (Å²) in [5.74, 6) is -0.621. The van der Waals surface area contributed by atoms with Gasteiger partial charge in [-0.25, -0.2) is 0 Å². The number of aryl methyl sites for hydroxylation is 1. The molecular weight excluding hydrogens is 328 g/mol. The Morgan fingerprint density at radius 1 is 1.12 bits per heavy atom. The maximum absolute atomic E-state index is 11.6. The molecule has 6 nitrogen and oxygen atoms in total. The molecule has 1 aromatic carbocycles. The van der Waals surface area contributed by atoms with Gasteiger partial charge in [0.05, 0.1) is 13.0 Å². The smallest absolute Gasteiger partial charge is 0.307 e. The summed E-state index contributed by atoms with van der Waals surface area (Å²) in [5, 5.41) is 5.04. The van der Waals surface area contributed by atoms with Gasteiger partial charge in [-0.1, -0.05) is 17.7 Å². The van der Waals surface area contributed by atoms with Crippen molar-refractivity contribution in [3.63, 3.8) is 0 Å². The molecule has 0 aliphatic heterocycles. The Balaban J connectivity index is 2.13. The number of ether oxygens (including phenoxy) is 1. The van der Waals surface area contributed by atoms with Gasteiger partial charge < -0.3 is 15.4 Å². The first-order valence-electron chi connectivity index (χ1n) is 7.78. The topological polar surface area (TPSA) is 84.5 Å². The number of nitrogens with one attached hydrogen (secondary N) is 2. The Morgan fingerprint density at radius 3 is 2.42 bits per heavy atom. The van der Waals surface area contributed by atoms with E-state index in [9.17, 15) is 14.4 Å². The summed E-state index contributed by atoms with van der Waals surface area (Å²) in [4.78, 5) is 35.5. The van der Waals surface area contributed by atoms with Crippen LogP contribution in [0.15, 0.2) is 29.2 Å². The van der Waals surface area contributed by atoms with E-state index in [2.05, 4.69) is 10.6 Å². The van der Waals surface area contributed by atoms with Crippen molar-refractivity contribution >= 4 is 29.5 Å². The minimum Gasteiger partial charge on any atom is -0.456 e. The van der Waals surface area contributed by atoms with Crippen molar-refractivity contribution in [1.29, 1.82) is 0 Å². The number of hydrogen-bond acceptors (Lipinski definition) is 5. The summed E-state index contributed by atoms with van der Waals surface area (Å²) in [6.45, 7) is 5.18. The lowest BCUT2D eigenvalue weighted by Gasteiger charge is -2.09. The Morgan fingerprint density at radius 2 is 1.79 bits per heavy atom. The molecule has 24 heavy (non-hydrogen) atoms. The summed E-state index contributed by atoms with van der Waals surface area (Å²) in [6.07, 6.45) is 0.222. The Labute approximate surface area is 146 Å². The quantitative estimate of drug-likeness (QED) is 0.522. The molecule has 0 atom stereocenters. The van der Waals surface area contributed by atoms with Gasteiger partial charge in [0, 0.05) is 16.7 Å². The summed E-state index contributed by atoms with van der Waals surface area (Å²) in [6, 6.07) is 8.04. The van der Waals surface area contributed by atoms with Crippen LogP contribution in [0.5, 0.6) is 0 Å². The van der Waals surface area contributed by atoms with Crippen LogP contribution >= 0.6 is 11.8 Å². The third-order valence-corrected chi connectivity index (χ3v) is 3.87. The molecule has 0 aliphatic carbocycles. The molecule has 0 radical (unpaired) electrons. The number of carbonyl (C=O) groups excluding carboxylic acids is 3. The molecule has 0 saturated carbocycles. The third kappa shape index (κ3) is 9.19. The lowest BCUT2D eigenvalue weighted by Crippen LogP contribution is -2.41. The number of thioether (sulfide) groups is 1. The van der Waals surface area contributed by atoms with Crippen LogP contribution in [0.25, 0.3) is 0 Å². The number of rotatable bonds is 9. The second-order valence-corrected chi connectivity index (χ2v) is 6.74. The number of esters is 1. The molecule has 1 aromatic rings. The molecule has 0 aromatic heterocycles. The average molecular weight is 352 g/mol. The van der Waals surface area contributed by atoms with Crippen molar-refractivity contribution < 1.29 is 19.1 Å². The number of benzene rings is 1. The monoisotopic (exact) mass is 352 g/mol. The standard InChI is InChI=1S/C17H24N2O4S/c1-12(2)19-15(20)10-18-16(21)11-23-17(22)8-9-24-14-6-4-13(3)5-7-14/h4-7,12H,8-11H2,1-3H3,(H,18,21)(H,19,20). The van der Waals surface area contributed by atoms with Gasteiger partial charge in [0.15, 0.2) is 6.61 Å². The molecule has 0 bridgehead atoms. The van der Waals surface area contributed by atoms with Gasteiger partial charge in [0.1, 0.15) is 0 Å². The van der Waals surface area contributed by atoms with Crippen LogP contribution in [0.1, 0.15) is 25.8 Å². The van der Waals surface area contributed by atoms with Crippen molar-refractivity contribution in [2.24, 2.45) is 0 Å². The van der Waals surface area contributed by atoms with E-state index in [1.165, 1.54) is 5.56 Å². The first-order valence-corrected chi connectivity index (χ1v) is 8.76. The average Bonchev–Trinajstić information content (AvgIpc) is 2.52.